The van der Waals surface area contributed by atoms with Crippen LogP contribution in [0.4, 0.5) is 0 Å². The summed E-state index contributed by atoms with van der Waals surface area (Å²) in [5.41, 5.74) is 2.42. The Morgan fingerprint density at radius 1 is 1.14 bits per heavy atom. The van der Waals surface area contributed by atoms with Gasteiger partial charge >= 0.3 is 0 Å². The molecule has 1 N–H and O–H groups in total. The standard InChI is InChI=1S/C18H29N3/c1-4-9-15(19-3)10-8-13-18-20-16-11-6-7-12-17(16)21(18)14-5-2/h6-7,11-12,15,19H,4-5,8-10,13-14H2,1-3H3. The van der Waals surface area contributed by atoms with Crippen LogP contribution < -0.4 is 5.32 Å². The molecule has 1 atom stereocenters. The lowest BCUT2D eigenvalue weighted by Gasteiger charge is -2.15. The van der Waals surface area contributed by atoms with E-state index < -0.39 is 0 Å². The third-order valence-corrected chi connectivity index (χ3v) is 4.18. The van der Waals surface area contributed by atoms with Gasteiger partial charge in [0.25, 0.3) is 0 Å². The fraction of sp³-hybridized carbons (Fsp3) is 0.611. The Morgan fingerprint density at radius 3 is 2.67 bits per heavy atom. The molecule has 0 aliphatic rings. The Bertz CT molecular complexity index is 544. The lowest BCUT2D eigenvalue weighted by Crippen LogP contribution is -2.24. The Balaban J connectivity index is 2.05. The van der Waals surface area contributed by atoms with Gasteiger partial charge in [0.05, 0.1) is 11.0 Å². The maximum absolute atomic E-state index is 4.84. The molecule has 3 heteroatoms. The molecule has 0 saturated carbocycles. The van der Waals surface area contributed by atoms with Crippen molar-refractivity contribution in [2.24, 2.45) is 0 Å². The smallest absolute Gasteiger partial charge is 0.109 e. The van der Waals surface area contributed by atoms with E-state index in [-0.39, 0.29) is 0 Å². The number of aryl methyl sites for hydroxylation is 2. The van der Waals surface area contributed by atoms with Crippen molar-refractivity contribution in [3.63, 3.8) is 0 Å². The van der Waals surface area contributed by atoms with Crippen LogP contribution >= 0.6 is 0 Å². The summed E-state index contributed by atoms with van der Waals surface area (Å²) in [4.78, 5) is 4.84. The molecular formula is C18H29N3. The third kappa shape index (κ3) is 4.07. The van der Waals surface area contributed by atoms with E-state index >= 15 is 0 Å². The molecule has 3 nitrogen and oxygen atoms in total. The van der Waals surface area contributed by atoms with Gasteiger partial charge in [-0.05, 0) is 44.9 Å². The summed E-state index contributed by atoms with van der Waals surface area (Å²) in [5, 5.41) is 3.43. The number of rotatable bonds is 9. The summed E-state index contributed by atoms with van der Waals surface area (Å²) in [6.07, 6.45) is 7.19. The Hall–Kier alpha value is -1.35. The topological polar surface area (TPSA) is 29.9 Å². The predicted octanol–water partition coefficient (Wildman–Crippen LogP) is 4.16. The molecule has 116 valence electrons. The summed E-state index contributed by atoms with van der Waals surface area (Å²) in [6, 6.07) is 9.15. The zero-order valence-electron chi connectivity index (χ0n) is 13.7. The molecule has 0 aliphatic heterocycles. The predicted molar refractivity (Wildman–Crippen MR) is 90.7 cm³/mol. The average molecular weight is 287 g/mol. The lowest BCUT2D eigenvalue weighted by atomic mass is 10.1. The number of aromatic nitrogens is 2. The van der Waals surface area contributed by atoms with Gasteiger partial charge < -0.3 is 9.88 Å². The maximum atomic E-state index is 4.84. The highest BCUT2D eigenvalue weighted by atomic mass is 15.1. The van der Waals surface area contributed by atoms with Gasteiger partial charge in [-0.2, -0.15) is 0 Å². The first-order valence-electron chi connectivity index (χ1n) is 8.41. The maximum Gasteiger partial charge on any atom is 0.109 e. The zero-order valence-corrected chi connectivity index (χ0v) is 13.7. The van der Waals surface area contributed by atoms with Gasteiger partial charge in [-0.1, -0.05) is 32.4 Å². The quantitative estimate of drug-likeness (QED) is 0.750. The Kier molecular flexibility index (Phi) is 6.24. The van der Waals surface area contributed by atoms with Crippen molar-refractivity contribution in [1.29, 1.82) is 0 Å². The zero-order chi connectivity index (χ0) is 15.1. The highest BCUT2D eigenvalue weighted by Crippen LogP contribution is 2.18. The second kappa shape index (κ2) is 8.18. The first-order chi connectivity index (χ1) is 10.3. The van der Waals surface area contributed by atoms with Crippen LogP contribution in [0.15, 0.2) is 24.3 Å². The van der Waals surface area contributed by atoms with E-state index in [4.69, 9.17) is 4.98 Å². The van der Waals surface area contributed by atoms with Crippen LogP contribution in [0.1, 0.15) is 51.8 Å². The molecule has 0 fully saturated rings. The molecule has 2 rings (SSSR count). The van der Waals surface area contributed by atoms with E-state index in [1.165, 1.54) is 37.0 Å². The summed E-state index contributed by atoms with van der Waals surface area (Å²) in [5.74, 6) is 1.25. The monoisotopic (exact) mass is 287 g/mol. The highest BCUT2D eigenvalue weighted by Gasteiger charge is 2.11. The number of fused-ring (bicyclic) bond motifs is 1. The molecule has 1 aromatic heterocycles. The van der Waals surface area contributed by atoms with E-state index in [0.29, 0.717) is 6.04 Å². The van der Waals surface area contributed by atoms with Crippen LogP contribution in [-0.4, -0.2) is 22.6 Å². The molecule has 0 aliphatic carbocycles. The van der Waals surface area contributed by atoms with E-state index in [1.54, 1.807) is 0 Å². The fourth-order valence-electron chi connectivity index (χ4n) is 3.08. The largest absolute Gasteiger partial charge is 0.328 e. The van der Waals surface area contributed by atoms with Crippen molar-refractivity contribution in [3.8, 4) is 0 Å². The number of hydrogen-bond donors (Lipinski definition) is 1. The normalized spacial score (nSPS) is 12.9. The SMILES string of the molecule is CCCC(CCCc1nc2ccccc2n1CCC)NC. The molecule has 0 amide bonds. The lowest BCUT2D eigenvalue weighted by molar-refractivity contribution is 0.464. The first kappa shape index (κ1) is 16.0. The van der Waals surface area contributed by atoms with E-state index in [0.717, 1.165) is 24.9 Å². The summed E-state index contributed by atoms with van der Waals surface area (Å²) >= 11 is 0. The number of para-hydroxylation sites is 2. The van der Waals surface area contributed by atoms with Crippen LogP contribution in [-0.2, 0) is 13.0 Å². The van der Waals surface area contributed by atoms with Crippen molar-refractivity contribution < 1.29 is 0 Å². The van der Waals surface area contributed by atoms with E-state index in [9.17, 15) is 0 Å². The second-order valence-corrected chi connectivity index (χ2v) is 5.83. The van der Waals surface area contributed by atoms with E-state index in [2.05, 4.69) is 55.0 Å². The molecule has 2 aromatic rings. The minimum absolute atomic E-state index is 0.652. The molecule has 0 radical (unpaired) electrons. The molecule has 1 unspecified atom stereocenters. The van der Waals surface area contributed by atoms with Crippen molar-refractivity contribution in [3.05, 3.63) is 30.1 Å². The van der Waals surface area contributed by atoms with Gasteiger partial charge in [-0.3, -0.25) is 0 Å². The van der Waals surface area contributed by atoms with Crippen molar-refractivity contribution in [2.45, 2.75) is 65.0 Å². The average Bonchev–Trinajstić information content (AvgIpc) is 2.85. The molecular weight excluding hydrogens is 258 g/mol. The summed E-state index contributed by atoms with van der Waals surface area (Å²) < 4.78 is 2.41. The molecule has 0 spiro atoms. The number of hydrogen-bond acceptors (Lipinski definition) is 2. The summed E-state index contributed by atoms with van der Waals surface area (Å²) in [7, 11) is 2.08. The van der Waals surface area contributed by atoms with Crippen LogP contribution in [0.2, 0.25) is 0 Å². The molecule has 21 heavy (non-hydrogen) atoms. The van der Waals surface area contributed by atoms with Gasteiger partial charge in [0.15, 0.2) is 0 Å². The van der Waals surface area contributed by atoms with Crippen LogP contribution in [0.25, 0.3) is 11.0 Å². The summed E-state index contributed by atoms with van der Waals surface area (Å²) in [6.45, 7) is 5.56. The first-order valence-corrected chi connectivity index (χ1v) is 8.41. The molecule has 1 aromatic carbocycles. The van der Waals surface area contributed by atoms with E-state index in [1.807, 2.05) is 0 Å². The van der Waals surface area contributed by atoms with Gasteiger partial charge in [-0.15, -0.1) is 0 Å². The fourth-order valence-corrected chi connectivity index (χ4v) is 3.08. The number of nitrogens with zero attached hydrogens (tertiary/aromatic N) is 2. The van der Waals surface area contributed by atoms with Crippen LogP contribution in [0, 0.1) is 0 Å². The van der Waals surface area contributed by atoms with Crippen LogP contribution in [0.5, 0.6) is 0 Å². The van der Waals surface area contributed by atoms with Gasteiger partial charge in [0.2, 0.25) is 0 Å². The Labute approximate surface area is 128 Å². The molecule has 0 bridgehead atoms. The molecule has 0 saturated heterocycles. The number of benzene rings is 1. The third-order valence-electron chi connectivity index (χ3n) is 4.18. The van der Waals surface area contributed by atoms with Gasteiger partial charge in [0.1, 0.15) is 5.82 Å². The Morgan fingerprint density at radius 2 is 1.95 bits per heavy atom. The molecule has 1 heterocycles. The van der Waals surface area contributed by atoms with Gasteiger partial charge in [-0.25, -0.2) is 4.98 Å². The number of imidazole rings is 1. The minimum Gasteiger partial charge on any atom is -0.328 e. The van der Waals surface area contributed by atoms with Crippen LogP contribution in [0.3, 0.4) is 0 Å². The van der Waals surface area contributed by atoms with Crippen molar-refractivity contribution >= 4 is 11.0 Å². The minimum atomic E-state index is 0.652. The van der Waals surface area contributed by atoms with Crippen molar-refractivity contribution in [2.75, 3.05) is 7.05 Å². The highest BCUT2D eigenvalue weighted by molar-refractivity contribution is 5.75. The second-order valence-electron chi connectivity index (χ2n) is 5.83. The number of nitrogens with one attached hydrogen (secondary N) is 1. The van der Waals surface area contributed by atoms with Gasteiger partial charge in [0, 0.05) is 19.0 Å². The van der Waals surface area contributed by atoms with Crippen molar-refractivity contribution in [1.82, 2.24) is 14.9 Å².